The first-order valence-electron chi connectivity index (χ1n) is 15.8. The number of esters is 1. The molecule has 2 unspecified atom stereocenters. The van der Waals surface area contributed by atoms with E-state index >= 15 is 0 Å². The molecule has 252 valence electrons. The highest BCUT2D eigenvalue weighted by atomic mass is 16.6. The van der Waals surface area contributed by atoms with Gasteiger partial charge >= 0.3 is 12.1 Å². The maximum Gasteiger partial charge on any atom is 0.412 e. The number of aromatic hydroxyl groups is 1. The number of phenolic OH excluding ortho intramolecular Hbond substituents is 1. The Morgan fingerprint density at radius 3 is 2.00 bits per heavy atom. The average molecular weight is 640 g/mol. The van der Waals surface area contributed by atoms with E-state index in [-0.39, 0.29) is 29.9 Å². The molecule has 1 aliphatic rings. The van der Waals surface area contributed by atoms with Crippen LogP contribution in [0.4, 0.5) is 10.5 Å². The van der Waals surface area contributed by atoms with E-state index in [0.717, 1.165) is 5.56 Å². The van der Waals surface area contributed by atoms with Crippen LogP contribution < -0.4 is 5.32 Å². The Kier molecular flexibility index (Phi) is 12.2. The number of likely N-dealkylation sites (N-methyl/N-ethyl adjacent to an activating group) is 1. The van der Waals surface area contributed by atoms with E-state index in [4.69, 9.17) is 14.2 Å². The van der Waals surface area contributed by atoms with Gasteiger partial charge in [-0.15, -0.1) is 0 Å². The number of nitrogens with one attached hydrogen (secondary N) is 1. The highest BCUT2D eigenvalue weighted by molar-refractivity contribution is 5.98. The molecule has 0 spiro atoms. The van der Waals surface area contributed by atoms with Crippen molar-refractivity contribution >= 4 is 29.6 Å². The molecule has 11 nitrogen and oxygen atoms in total. The van der Waals surface area contributed by atoms with Crippen LogP contribution in [-0.4, -0.2) is 88.9 Å². The SMILES string of the molecule is CCOC(C(=O)OC(C)(C)C)C1CCN(C(=O)C(Cc2ccc(O)cc2)N(C)C(=O)c2ccc(NC(=O)OC(C)(C)C)cc2)CC1. The molecule has 0 saturated carbocycles. The molecule has 46 heavy (non-hydrogen) atoms. The second-order valence-electron chi connectivity index (χ2n) is 13.6. The van der Waals surface area contributed by atoms with E-state index in [2.05, 4.69) is 5.32 Å². The van der Waals surface area contributed by atoms with Gasteiger partial charge in [-0.05, 0) is 109 Å². The van der Waals surface area contributed by atoms with Crippen LogP contribution in [0, 0.1) is 5.92 Å². The molecule has 3 amide bonds. The lowest BCUT2D eigenvalue weighted by Crippen LogP contribution is -2.53. The highest BCUT2D eigenvalue weighted by Gasteiger charge is 2.38. The van der Waals surface area contributed by atoms with Gasteiger partial charge < -0.3 is 29.1 Å². The van der Waals surface area contributed by atoms with Crippen molar-refractivity contribution in [3.05, 3.63) is 59.7 Å². The van der Waals surface area contributed by atoms with Crippen LogP contribution in [0.5, 0.6) is 5.75 Å². The molecule has 0 radical (unpaired) electrons. The molecule has 0 bridgehead atoms. The number of carbonyl (C=O) groups excluding carboxylic acids is 4. The molecule has 2 N–H and O–H groups in total. The van der Waals surface area contributed by atoms with E-state index in [1.807, 2.05) is 27.7 Å². The van der Waals surface area contributed by atoms with E-state index in [9.17, 15) is 24.3 Å². The van der Waals surface area contributed by atoms with Crippen LogP contribution in [-0.2, 0) is 30.2 Å². The number of piperidine rings is 1. The number of ether oxygens (including phenoxy) is 3. The maximum atomic E-state index is 14.1. The molecule has 2 aromatic rings. The van der Waals surface area contributed by atoms with Gasteiger partial charge in [-0.2, -0.15) is 0 Å². The normalized spacial score (nSPS) is 15.4. The van der Waals surface area contributed by atoms with Gasteiger partial charge in [-0.3, -0.25) is 14.9 Å². The lowest BCUT2D eigenvalue weighted by molar-refractivity contribution is -0.173. The van der Waals surface area contributed by atoms with Crippen LogP contribution in [0.15, 0.2) is 48.5 Å². The Labute approximate surface area is 272 Å². The maximum absolute atomic E-state index is 14.1. The first kappa shape index (κ1) is 36.3. The average Bonchev–Trinajstić information content (AvgIpc) is 2.97. The Bertz CT molecular complexity index is 1340. The van der Waals surface area contributed by atoms with E-state index < -0.39 is 35.4 Å². The lowest BCUT2D eigenvalue weighted by atomic mass is 9.90. The third-order valence-electron chi connectivity index (χ3n) is 7.48. The lowest BCUT2D eigenvalue weighted by Gasteiger charge is -2.38. The number of benzene rings is 2. The molecule has 3 rings (SSSR count). The summed E-state index contributed by atoms with van der Waals surface area (Å²) < 4.78 is 16.7. The summed E-state index contributed by atoms with van der Waals surface area (Å²) in [6, 6.07) is 12.1. The van der Waals surface area contributed by atoms with Crippen LogP contribution in [0.2, 0.25) is 0 Å². The molecule has 2 atom stereocenters. The molecule has 11 heteroatoms. The molecule has 0 aromatic heterocycles. The van der Waals surface area contributed by atoms with Gasteiger partial charge in [0, 0.05) is 44.4 Å². The van der Waals surface area contributed by atoms with Gasteiger partial charge in [-0.1, -0.05) is 12.1 Å². The summed E-state index contributed by atoms with van der Waals surface area (Å²) in [5.41, 5.74) is 0.293. The number of carbonyl (C=O) groups is 4. The molecule has 1 aliphatic heterocycles. The number of amides is 3. The zero-order chi connectivity index (χ0) is 34.2. The van der Waals surface area contributed by atoms with Gasteiger partial charge in [0.15, 0.2) is 6.10 Å². The first-order chi connectivity index (χ1) is 21.5. The van der Waals surface area contributed by atoms with Gasteiger partial charge in [-0.25, -0.2) is 9.59 Å². The summed E-state index contributed by atoms with van der Waals surface area (Å²) >= 11 is 0. The Morgan fingerprint density at radius 1 is 0.913 bits per heavy atom. The largest absolute Gasteiger partial charge is 0.508 e. The standard InChI is InChI=1S/C35H49N3O8/c1-9-44-29(32(42)45-34(2,3)4)24-18-20-38(21-19-24)31(41)28(22-23-10-16-27(39)17-11-23)37(8)30(40)25-12-14-26(15-13-25)36-33(43)46-35(5,6)7/h10-17,24,28-29,39H,9,18-22H2,1-8H3,(H,36,43). The first-order valence-corrected chi connectivity index (χ1v) is 15.8. The van der Waals surface area contributed by atoms with Crippen molar-refractivity contribution < 1.29 is 38.5 Å². The number of rotatable bonds is 10. The summed E-state index contributed by atoms with van der Waals surface area (Å²) in [5.74, 6) is -0.983. The van der Waals surface area contributed by atoms with Crippen molar-refractivity contribution in [2.75, 3.05) is 32.1 Å². The monoisotopic (exact) mass is 639 g/mol. The fourth-order valence-corrected chi connectivity index (χ4v) is 5.28. The third kappa shape index (κ3) is 10.8. The third-order valence-corrected chi connectivity index (χ3v) is 7.48. The molecular weight excluding hydrogens is 590 g/mol. The smallest absolute Gasteiger partial charge is 0.412 e. The highest BCUT2D eigenvalue weighted by Crippen LogP contribution is 2.27. The summed E-state index contributed by atoms with van der Waals surface area (Å²) in [6.45, 7) is 13.7. The molecule has 1 saturated heterocycles. The van der Waals surface area contributed by atoms with Crippen LogP contribution in [0.3, 0.4) is 0 Å². The molecule has 0 aliphatic carbocycles. The van der Waals surface area contributed by atoms with Crippen molar-refractivity contribution in [3.63, 3.8) is 0 Å². The number of phenols is 1. The summed E-state index contributed by atoms with van der Waals surface area (Å²) in [6.07, 6.45) is 0.00689. The number of anilines is 1. The fourth-order valence-electron chi connectivity index (χ4n) is 5.28. The van der Waals surface area contributed by atoms with Crippen molar-refractivity contribution in [2.24, 2.45) is 5.92 Å². The minimum atomic E-state index is -0.832. The molecular formula is C35H49N3O8. The second-order valence-corrected chi connectivity index (χ2v) is 13.6. The van der Waals surface area contributed by atoms with Crippen molar-refractivity contribution in [1.29, 1.82) is 0 Å². The van der Waals surface area contributed by atoms with Gasteiger partial charge in [0.2, 0.25) is 5.91 Å². The number of likely N-dealkylation sites (tertiary alicyclic amines) is 1. The minimum Gasteiger partial charge on any atom is -0.508 e. The van der Waals surface area contributed by atoms with Crippen molar-refractivity contribution in [2.45, 2.75) is 91.1 Å². The summed E-state index contributed by atoms with van der Waals surface area (Å²) in [4.78, 5) is 56.0. The quantitative estimate of drug-likeness (QED) is 0.330. The topological polar surface area (TPSA) is 135 Å². The Hall–Kier alpha value is -4.12. The van der Waals surface area contributed by atoms with Gasteiger partial charge in [0.1, 0.15) is 23.0 Å². The van der Waals surface area contributed by atoms with Gasteiger partial charge in [0.25, 0.3) is 5.91 Å². The van der Waals surface area contributed by atoms with E-state index in [1.165, 1.54) is 4.90 Å². The zero-order valence-electron chi connectivity index (χ0n) is 28.3. The van der Waals surface area contributed by atoms with Crippen molar-refractivity contribution in [3.8, 4) is 5.75 Å². The molecule has 1 fully saturated rings. The van der Waals surface area contributed by atoms with Gasteiger partial charge in [0.05, 0.1) is 0 Å². The number of nitrogens with zero attached hydrogens (tertiary/aromatic N) is 2. The second kappa shape index (κ2) is 15.4. The predicted molar refractivity (Wildman–Crippen MR) is 175 cm³/mol. The van der Waals surface area contributed by atoms with Crippen molar-refractivity contribution in [1.82, 2.24) is 9.80 Å². The predicted octanol–water partition coefficient (Wildman–Crippen LogP) is 5.41. The number of hydrogen-bond acceptors (Lipinski definition) is 8. The fraction of sp³-hybridized carbons (Fsp3) is 0.543. The molecule has 2 aromatic carbocycles. The van der Waals surface area contributed by atoms with E-state index in [0.29, 0.717) is 43.8 Å². The van der Waals surface area contributed by atoms with Crippen LogP contribution in [0.1, 0.15) is 77.2 Å². The minimum absolute atomic E-state index is 0.104. The zero-order valence-corrected chi connectivity index (χ0v) is 28.3. The Morgan fingerprint density at radius 2 is 1.48 bits per heavy atom. The summed E-state index contributed by atoms with van der Waals surface area (Å²) in [7, 11) is 1.60. The molecule has 1 heterocycles. The number of hydrogen-bond donors (Lipinski definition) is 2. The van der Waals surface area contributed by atoms with Crippen LogP contribution >= 0.6 is 0 Å². The van der Waals surface area contributed by atoms with E-state index in [1.54, 1.807) is 81.2 Å². The van der Waals surface area contributed by atoms with Crippen LogP contribution in [0.25, 0.3) is 0 Å². The Balaban J connectivity index is 1.76. The summed E-state index contributed by atoms with van der Waals surface area (Å²) in [5, 5.41) is 12.4.